The van der Waals surface area contributed by atoms with Gasteiger partial charge < -0.3 is 14.5 Å². The fraction of sp³-hybridized carbons (Fsp3) is 0.727. The Hall–Kier alpha value is -1.50. The maximum Gasteiger partial charge on any atom is 0.225 e. The maximum atomic E-state index is 12.5. The highest BCUT2D eigenvalue weighted by Crippen LogP contribution is 2.33. The second-order valence-electron chi connectivity index (χ2n) is 8.68. The van der Waals surface area contributed by atoms with Crippen LogP contribution in [-0.2, 0) is 16.1 Å². The Kier molecular flexibility index (Phi) is 6.60. The van der Waals surface area contributed by atoms with Crippen LogP contribution in [0.15, 0.2) is 24.5 Å². The first-order chi connectivity index (χ1) is 13.7. The van der Waals surface area contributed by atoms with Gasteiger partial charge in [-0.3, -0.25) is 14.7 Å². The van der Waals surface area contributed by atoms with Gasteiger partial charge in [0.15, 0.2) is 0 Å². The molecule has 0 radical (unpaired) electrons. The average molecular weight is 387 g/mol. The van der Waals surface area contributed by atoms with Crippen LogP contribution < -0.4 is 0 Å². The van der Waals surface area contributed by atoms with Crippen molar-refractivity contribution in [3.05, 3.63) is 30.1 Å². The molecule has 1 aromatic heterocycles. The van der Waals surface area contributed by atoms with E-state index in [0.29, 0.717) is 23.9 Å². The van der Waals surface area contributed by atoms with Gasteiger partial charge in [0.1, 0.15) is 0 Å². The Morgan fingerprint density at radius 3 is 2.71 bits per heavy atom. The van der Waals surface area contributed by atoms with Crippen LogP contribution in [0.1, 0.15) is 37.7 Å². The Morgan fingerprint density at radius 1 is 1.18 bits per heavy atom. The SMILES string of the molecule is CN(CCN(C1CCOCC1)C1CCN(C(=O)C2CC2)C1)Cc1cccnc1. The summed E-state index contributed by atoms with van der Waals surface area (Å²) in [7, 11) is 2.19. The van der Waals surface area contributed by atoms with Crippen molar-refractivity contribution < 1.29 is 9.53 Å². The Morgan fingerprint density at radius 2 is 2.00 bits per heavy atom. The normalized spacial score (nSPS) is 23.7. The van der Waals surface area contributed by atoms with Gasteiger partial charge in [-0.15, -0.1) is 0 Å². The van der Waals surface area contributed by atoms with Crippen molar-refractivity contribution in [1.82, 2.24) is 19.7 Å². The van der Waals surface area contributed by atoms with Crippen LogP contribution in [-0.4, -0.2) is 84.1 Å². The van der Waals surface area contributed by atoms with Gasteiger partial charge in [0, 0.05) is 76.3 Å². The average Bonchev–Trinajstić information content (AvgIpc) is 3.47. The molecule has 1 unspecified atom stereocenters. The molecule has 0 spiro atoms. The lowest BCUT2D eigenvalue weighted by molar-refractivity contribution is -0.131. The highest BCUT2D eigenvalue weighted by atomic mass is 16.5. The van der Waals surface area contributed by atoms with E-state index in [1.807, 2.05) is 18.5 Å². The first kappa shape index (κ1) is 19.8. The standard InChI is InChI=1S/C22H34N4O2/c1-24(16-18-3-2-9-23-15-18)11-12-26(20-7-13-28-14-8-20)21-6-10-25(17-21)22(27)19-4-5-19/h2-3,9,15,19-21H,4-8,10-14,16-17H2,1H3. The lowest BCUT2D eigenvalue weighted by Crippen LogP contribution is -2.49. The largest absolute Gasteiger partial charge is 0.381 e. The number of ether oxygens (including phenoxy) is 1. The Bertz CT molecular complexity index is 631. The molecule has 6 nitrogen and oxygen atoms in total. The minimum absolute atomic E-state index is 0.334. The van der Waals surface area contributed by atoms with E-state index >= 15 is 0 Å². The summed E-state index contributed by atoms with van der Waals surface area (Å²) < 4.78 is 5.61. The minimum atomic E-state index is 0.334. The second-order valence-corrected chi connectivity index (χ2v) is 8.68. The first-order valence-electron chi connectivity index (χ1n) is 10.9. The fourth-order valence-corrected chi connectivity index (χ4v) is 4.65. The summed E-state index contributed by atoms with van der Waals surface area (Å²) in [5, 5.41) is 0. The molecule has 3 fully saturated rings. The van der Waals surface area contributed by atoms with Crippen LogP contribution in [0.2, 0.25) is 0 Å². The summed E-state index contributed by atoms with van der Waals surface area (Å²) >= 11 is 0. The first-order valence-corrected chi connectivity index (χ1v) is 10.9. The molecule has 154 valence electrons. The summed E-state index contributed by atoms with van der Waals surface area (Å²) in [4.78, 5) is 23.9. The number of likely N-dealkylation sites (tertiary alicyclic amines) is 1. The molecular weight excluding hydrogens is 352 g/mol. The Labute approximate surface area is 168 Å². The van der Waals surface area contributed by atoms with Crippen molar-refractivity contribution in [3.8, 4) is 0 Å². The predicted molar refractivity (Wildman–Crippen MR) is 109 cm³/mol. The molecule has 1 saturated carbocycles. The molecule has 3 heterocycles. The summed E-state index contributed by atoms with van der Waals surface area (Å²) in [6.07, 6.45) is 9.31. The molecule has 3 aliphatic rings. The van der Waals surface area contributed by atoms with Gasteiger partial charge in [0.05, 0.1) is 0 Å². The lowest BCUT2D eigenvalue weighted by Gasteiger charge is -2.39. The highest BCUT2D eigenvalue weighted by Gasteiger charge is 2.39. The van der Waals surface area contributed by atoms with E-state index in [4.69, 9.17) is 4.74 Å². The zero-order valence-electron chi connectivity index (χ0n) is 17.1. The number of hydrogen-bond acceptors (Lipinski definition) is 5. The number of carbonyl (C=O) groups excluding carboxylic acids is 1. The zero-order chi connectivity index (χ0) is 19.3. The summed E-state index contributed by atoms with van der Waals surface area (Å²) in [6, 6.07) is 5.22. The molecule has 6 heteroatoms. The Balaban J connectivity index is 1.34. The third-order valence-corrected chi connectivity index (χ3v) is 6.45. The lowest BCUT2D eigenvalue weighted by atomic mass is 10.0. The summed E-state index contributed by atoms with van der Waals surface area (Å²) in [5.41, 5.74) is 1.25. The van der Waals surface area contributed by atoms with E-state index in [1.165, 1.54) is 5.56 Å². The van der Waals surface area contributed by atoms with Crippen LogP contribution in [0.5, 0.6) is 0 Å². The van der Waals surface area contributed by atoms with E-state index in [-0.39, 0.29) is 0 Å². The number of hydrogen-bond donors (Lipinski definition) is 0. The van der Waals surface area contributed by atoms with Crippen molar-refractivity contribution in [1.29, 1.82) is 0 Å². The molecule has 1 aliphatic carbocycles. The van der Waals surface area contributed by atoms with E-state index in [1.54, 1.807) is 0 Å². The molecule has 0 bridgehead atoms. The van der Waals surface area contributed by atoms with Crippen LogP contribution in [0.4, 0.5) is 0 Å². The number of carbonyl (C=O) groups is 1. The predicted octanol–water partition coefficient (Wildman–Crippen LogP) is 2.01. The highest BCUT2D eigenvalue weighted by molar-refractivity contribution is 5.81. The fourth-order valence-electron chi connectivity index (χ4n) is 4.65. The van der Waals surface area contributed by atoms with Crippen molar-refractivity contribution in [3.63, 3.8) is 0 Å². The third kappa shape index (κ3) is 5.10. The molecule has 1 atom stereocenters. The van der Waals surface area contributed by atoms with Gasteiger partial charge in [-0.1, -0.05) is 6.07 Å². The smallest absolute Gasteiger partial charge is 0.225 e. The van der Waals surface area contributed by atoms with E-state index < -0.39 is 0 Å². The summed E-state index contributed by atoms with van der Waals surface area (Å²) in [5.74, 6) is 0.740. The van der Waals surface area contributed by atoms with Crippen molar-refractivity contribution in [2.45, 2.75) is 50.7 Å². The van der Waals surface area contributed by atoms with E-state index in [2.05, 4.69) is 32.8 Å². The number of pyridine rings is 1. The number of amides is 1. The third-order valence-electron chi connectivity index (χ3n) is 6.45. The van der Waals surface area contributed by atoms with Crippen molar-refractivity contribution >= 4 is 5.91 Å². The minimum Gasteiger partial charge on any atom is -0.381 e. The van der Waals surface area contributed by atoms with Gasteiger partial charge in [0.25, 0.3) is 0 Å². The van der Waals surface area contributed by atoms with Crippen LogP contribution >= 0.6 is 0 Å². The molecule has 2 saturated heterocycles. The van der Waals surface area contributed by atoms with Crippen molar-refractivity contribution in [2.75, 3.05) is 46.4 Å². The molecule has 0 aromatic carbocycles. The molecule has 4 rings (SSSR count). The van der Waals surface area contributed by atoms with Crippen LogP contribution in [0.25, 0.3) is 0 Å². The molecule has 0 N–H and O–H groups in total. The zero-order valence-corrected chi connectivity index (χ0v) is 17.1. The van der Waals surface area contributed by atoms with Crippen LogP contribution in [0, 0.1) is 5.92 Å². The number of nitrogens with zero attached hydrogens (tertiary/aromatic N) is 4. The molecule has 1 aromatic rings. The van der Waals surface area contributed by atoms with Gasteiger partial charge in [-0.05, 0) is 50.8 Å². The van der Waals surface area contributed by atoms with E-state index in [0.717, 1.165) is 78.0 Å². The summed E-state index contributed by atoms with van der Waals surface area (Å²) in [6.45, 7) is 6.59. The second kappa shape index (κ2) is 9.33. The number of likely N-dealkylation sites (N-methyl/N-ethyl adjacent to an activating group) is 1. The van der Waals surface area contributed by atoms with Crippen molar-refractivity contribution in [2.24, 2.45) is 5.92 Å². The topological polar surface area (TPSA) is 48.9 Å². The monoisotopic (exact) mass is 386 g/mol. The van der Waals surface area contributed by atoms with Gasteiger partial charge in [0.2, 0.25) is 5.91 Å². The quantitative estimate of drug-likeness (QED) is 0.684. The maximum absolute atomic E-state index is 12.5. The number of rotatable bonds is 8. The molecular formula is C22H34N4O2. The number of aromatic nitrogens is 1. The molecule has 28 heavy (non-hydrogen) atoms. The molecule has 1 amide bonds. The van der Waals surface area contributed by atoms with Crippen LogP contribution in [0.3, 0.4) is 0 Å². The van der Waals surface area contributed by atoms with Gasteiger partial charge in [-0.25, -0.2) is 0 Å². The van der Waals surface area contributed by atoms with E-state index in [9.17, 15) is 4.79 Å². The van der Waals surface area contributed by atoms with Gasteiger partial charge >= 0.3 is 0 Å². The molecule has 2 aliphatic heterocycles. The van der Waals surface area contributed by atoms with Gasteiger partial charge in [-0.2, -0.15) is 0 Å².